The minimum Gasteiger partial charge on any atom is -0.368 e. The van der Waals surface area contributed by atoms with Gasteiger partial charge in [-0.1, -0.05) is 42.8 Å². The van der Waals surface area contributed by atoms with E-state index in [0.29, 0.717) is 12.1 Å². The number of halogens is 1. The van der Waals surface area contributed by atoms with Gasteiger partial charge in [0.15, 0.2) is 0 Å². The van der Waals surface area contributed by atoms with Crippen LogP contribution in [-0.4, -0.2) is 43.7 Å². The minimum atomic E-state index is 0.511. The first-order valence-electron chi connectivity index (χ1n) is 7.98. The zero-order valence-corrected chi connectivity index (χ0v) is 15.3. The number of anilines is 1. The van der Waals surface area contributed by atoms with Gasteiger partial charge >= 0.3 is 0 Å². The molecule has 1 atom stereocenters. The van der Waals surface area contributed by atoms with Gasteiger partial charge in [-0.25, -0.2) is 0 Å². The molecular formula is C17H28BrN3. The molecule has 1 aliphatic rings. The van der Waals surface area contributed by atoms with E-state index in [1.165, 1.54) is 17.7 Å². The molecule has 118 valence electrons. The Labute approximate surface area is 137 Å². The van der Waals surface area contributed by atoms with Crippen LogP contribution in [0.3, 0.4) is 0 Å². The Morgan fingerprint density at radius 2 is 2.10 bits per heavy atom. The number of benzene rings is 1. The number of nitrogens with one attached hydrogen (secondary N) is 1. The van der Waals surface area contributed by atoms with Gasteiger partial charge in [0.1, 0.15) is 0 Å². The van der Waals surface area contributed by atoms with E-state index in [1.807, 2.05) is 0 Å². The molecule has 0 bridgehead atoms. The topological polar surface area (TPSA) is 18.5 Å². The van der Waals surface area contributed by atoms with Crippen LogP contribution in [0.2, 0.25) is 0 Å². The molecule has 1 aromatic carbocycles. The highest BCUT2D eigenvalue weighted by molar-refractivity contribution is 9.10. The first-order chi connectivity index (χ1) is 10.0. The summed E-state index contributed by atoms with van der Waals surface area (Å²) in [7, 11) is 2.24. The SMILES string of the molecule is CCC1CN(c2cc(Br)ccc2CNC(C)C)CCN1C. The molecule has 0 amide bonds. The summed E-state index contributed by atoms with van der Waals surface area (Å²) in [5.41, 5.74) is 2.77. The van der Waals surface area contributed by atoms with Crippen molar-refractivity contribution in [1.82, 2.24) is 10.2 Å². The summed E-state index contributed by atoms with van der Waals surface area (Å²) in [5.74, 6) is 0. The standard InChI is InChI=1S/C17H28BrN3/c1-5-16-12-21(9-8-20(16)4)17-10-15(18)7-6-14(17)11-19-13(2)3/h6-7,10,13,16,19H,5,8-9,11-12H2,1-4H3. The average molecular weight is 354 g/mol. The van der Waals surface area contributed by atoms with Crippen molar-refractivity contribution in [3.8, 4) is 0 Å². The first-order valence-corrected chi connectivity index (χ1v) is 8.77. The second kappa shape index (κ2) is 7.61. The van der Waals surface area contributed by atoms with Gasteiger partial charge in [0.25, 0.3) is 0 Å². The summed E-state index contributed by atoms with van der Waals surface area (Å²) in [6, 6.07) is 7.83. The van der Waals surface area contributed by atoms with Gasteiger partial charge in [-0.2, -0.15) is 0 Å². The summed E-state index contributed by atoms with van der Waals surface area (Å²) in [4.78, 5) is 5.04. The van der Waals surface area contributed by atoms with Crippen molar-refractivity contribution in [3.05, 3.63) is 28.2 Å². The van der Waals surface area contributed by atoms with Gasteiger partial charge in [0.2, 0.25) is 0 Å². The largest absolute Gasteiger partial charge is 0.368 e. The van der Waals surface area contributed by atoms with Crippen molar-refractivity contribution in [2.75, 3.05) is 31.6 Å². The fourth-order valence-corrected chi connectivity index (χ4v) is 3.25. The maximum absolute atomic E-state index is 3.63. The number of nitrogens with zero attached hydrogens (tertiary/aromatic N) is 2. The third kappa shape index (κ3) is 4.44. The lowest BCUT2D eigenvalue weighted by Gasteiger charge is -2.41. The molecule has 0 radical (unpaired) electrons. The van der Waals surface area contributed by atoms with Crippen LogP contribution in [0.15, 0.2) is 22.7 Å². The zero-order valence-electron chi connectivity index (χ0n) is 13.7. The Hall–Kier alpha value is -0.580. The highest BCUT2D eigenvalue weighted by atomic mass is 79.9. The van der Waals surface area contributed by atoms with Crippen LogP contribution in [0.4, 0.5) is 5.69 Å². The monoisotopic (exact) mass is 353 g/mol. The van der Waals surface area contributed by atoms with E-state index in [9.17, 15) is 0 Å². The molecule has 1 heterocycles. The molecule has 21 heavy (non-hydrogen) atoms. The lowest BCUT2D eigenvalue weighted by atomic mass is 10.1. The maximum atomic E-state index is 3.63. The molecule has 1 fully saturated rings. The summed E-state index contributed by atoms with van der Waals surface area (Å²) < 4.78 is 1.16. The molecule has 0 saturated carbocycles. The zero-order chi connectivity index (χ0) is 15.4. The highest BCUT2D eigenvalue weighted by Crippen LogP contribution is 2.27. The molecule has 3 nitrogen and oxygen atoms in total. The van der Waals surface area contributed by atoms with Crippen LogP contribution in [-0.2, 0) is 6.54 Å². The molecule has 1 N–H and O–H groups in total. The number of hydrogen-bond donors (Lipinski definition) is 1. The summed E-state index contributed by atoms with van der Waals surface area (Å²) in [6.07, 6.45) is 1.21. The summed E-state index contributed by atoms with van der Waals surface area (Å²) in [6.45, 7) is 11.0. The quantitative estimate of drug-likeness (QED) is 0.874. The van der Waals surface area contributed by atoms with Crippen LogP contribution in [0, 0.1) is 0 Å². The van der Waals surface area contributed by atoms with E-state index in [-0.39, 0.29) is 0 Å². The predicted molar refractivity (Wildman–Crippen MR) is 95.0 cm³/mol. The van der Waals surface area contributed by atoms with Crippen molar-refractivity contribution >= 4 is 21.6 Å². The first kappa shape index (κ1) is 16.8. The van der Waals surface area contributed by atoms with Crippen LogP contribution in [0.5, 0.6) is 0 Å². The Bertz CT molecular complexity index is 461. The van der Waals surface area contributed by atoms with E-state index in [2.05, 4.69) is 77.1 Å². The Morgan fingerprint density at radius 3 is 2.76 bits per heavy atom. The van der Waals surface area contributed by atoms with Crippen molar-refractivity contribution in [3.63, 3.8) is 0 Å². The van der Waals surface area contributed by atoms with Gasteiger partial charge in [-0.15, -0.1) is 0 Å². The number of hydrogen-bond acceptors (Lipinski definition) is 3. The van der Waals surface area contributed by atoms with Gasteiger partial charge in [0.05, 0.1) is 0 Å². The third-order valence-corrected chi connectivity index (χ3v) is 4.83. The van der Waals surface area contributed by atoms with E-state index < -0.39 is 0 Å². The lowest BCUT2D eigenvalue weighted by molar-refractivity contribution is 0.213. The molecule has 1 aromatic rings. The van der Waals surface area contributed by atoms with Crippen LogP contribution >= 0.6 is 15.9 Å². The van der Waals surface area contributed by atoms with Crippen LogP contribution in [0.25, 0.3) is 0 Å². The Balaban J connectivity index is 2.19. The Kier molecular flexibility index (Phi) is 6.08. The molecule has 1 unspecified atom stereocenters. The van der Waals surface area contributed by atoms with Gasteiger partial charge < -0.3 is 10.2 Å². The van der Waals surface area contributed by atoms with Gasteiger partial charge in [0, 0.05) is 48.4 Å². The molecule has 1 aliphatic heterocycles. The minimum absolute atomic E-state index is 0.511. The van der Waals surface area contributed by atoms with E-state index in [1.54, 1.807) is 0 Å². The summed E-state index contributed by atoms with van der Waals surface area (Å²) in [5, 5.41) is 3.54. The number of piperazine rings is 1. The fourth-order valence-electron chi connectivity index (χ4n) is 2.90. The van der Waals surface area contributed by atoms with E-state index in [0.717, 1.165) is 30.7 Å². The normalized spacial score (nSPS) is 20.3. The van der Waals surface area contributed by atoms with Gasteiger partial charge in [-0.05, 0) is 31.2 Å². The lowest BCUT2D eigenvalue weighted by Crippen LogP contribution is -2.51. The van der Waals surface area contributed by atoms with Crippen LogP contribution < -0.4 is 10.2 Å². The molecular weight excluding hydrogens is 326 g/mol. The second-order valence-corrected chi connectivity index (χ2v) is 7.21. The van der Waals surface area contributed by atoms with Crippen molar-refractivity contribution in [1.29, 1.82) is 0 Å². The average Bonchev–Trinajstić information content (AvgIpc) is 2.46. The fraction of sp³-hybridized carbons (Fsp3) is 0.647. The maximum Gasteiger partial charge on any atom is 0.0424 e. The molecule has 0 aromatic heterocycles. The number of rotatable bonds is 5. The predicted octanol–water partition coefficient (Wildman–Crippen LogP) is 3.48. The second-order valence-electron chi connectivity index (χ2n) is 6.30. The summed E-state index contributed by atoms with van der Waals surface area (Å²) >= 11 is 3.63. The highest BCUT2D eigenvalue weighted by Gasteiger charge is 2.24. The van der Waals surface area contributed by atoms with E-state index >= 15 is 0 Å². The molecule has 0 aliphatic carbocycles. The Morgan fingerprint density at radius 1 is 1.33 bits per heavy atom. The molecule has 0 spiro atoms. The molecule has 2 rings (SSSR count). The van der Waals surface area contributed by atoms with E-state index in [4.69, 9.17) is 0 Å². The van der Waals surface area contributed by atoms with Crippen molar-refractivity contribution in [2.24, 2.45) is 0 Å². The smallest absolute Gasteiger partial charge is 0.0424 e. The molecule has 4 heteroatoms. The number of likely N-dealkylation sites (N-methyl/N-ethyl adjacent to an activating group) is 1. The van der Waals surface area contributed by atoms with Crippen molar-refractivity contribution < 1.29 is 0 Å². The molecule has 1 saturated heterocycles. The van der Waals surface area contributed by atoms with Crippen molar-refractivity contribution in [2.45, 2.75) is 45.8 Å². The van der Waals surface area contributed by atoms with Crippen LogP contribution in [0.1, 0.15) is 32.8 Å². The van der Waals surface area contributed by atoms with Gasteiger partial charge in [-0.3, -0.25) is 4.90 Å². The third-order valence-electron chi connectivity index (χ3n) is 4.34.